The van der Waals surface area contributed by atoms with Gasteiger partial charge in [-0.15, -0.1) is 0 Å². The van der Waals surface area contributed by atoms with Crippen LogP contribution >= 0.6 is 0 Å². The van der Waals surface area contributed by atoms with Gasteiger partial charge in [0.2, 0.25) is 0 Å². The summed E-state index contributed by atoms with van der Waals surface area (Å²) in [7, 11) is 3.37. The van der Waals surface area contributed by atoms with Crippen LogP contribution in [-0.2, 0) is 30.2 Å². The van der Waals surface area contributed by atoms with Crippen molar-refractivity contribution < 1.29 is 19.4 Å². The van der Waals surface area contributed by atoms with Gasteiger partial charge in [0.25, 0.3) is 5.56 Å². The van der Waals surface area contributed by atoms with Crippen molar-refractivity contribution in [2.75, 3.05) is 5.32 Å². The fraction of sp³-hybridized carbons (Fsp3) is 0.393. The first-order chi connectivity index (χ1) is 17.7. The number of ether oxygens (including phenoxy) is 1. The van der Waals surface area contributed by atoms with Crippen molar-refractivity contribution in [2.45, 2.75) is 51.3 Å². The molecule has 9 heteroatoms. The molecule has 2 atom stereocenters. The van der Waals surface area contributed by atoms with Crippen molar-refractivity contribution in [1.82, 2.24) is 14.7 Å². The summed E-state index contributed by atoms with van der Waals surface area (Å²) >= 11 is 0. The van der Waals surface area contributed by atoms with Gasteiger partial charge in [-0.3, -0.25) is 24.3 Å². The predicted octanol–water partition coefficient (Wildman–Crippen LogP) is 4.43. The van der Waals surface area contributed by atoms with Gasteiger partial charge in [-0.1, -0.05) is 67.4 Å². The number of carboxylic acid groups (broad SMARTS) is 1. The Balaban J connectivity index is 1.45. The third-order valence-corrected chi connectivity index (χ3v) is 6.94. The van der Waals surface area contributed by atoms with Crippen molar-refractivity contribution in [3.05, 3.63) is 76.1 Å². The Morgan fingerprint density at radius 3 is 2.35 bits per heavy atom. The van der Waals surface area contributed by atoms with Crippen LogP contribution in [0.4, 0.5) is 10.5 Å². The standard InChI is InChI=1S/C28H34N4O5/c1-18(21-7-5-4-6-8-21)37-28(36)30-24-25(31(2)32(3)26(24)33)22-14-11-20(12-15-22)17-29-23(27(34)35)16-13-19-9-10-19/h4-8,11-12,14-15,18-19,23,29H,9-10,13,16-17H2,1-3H3,(H,30,36)(H,34,35). The maximum Gasteiger partial charge on any atom is 0.412 e. The molecular formula is C28H34N4O5. The van der Waals surface area contributed by atoms with Crippen LogP contribution in [0.1, 0.15) is 49.8 Å². The molecule has 1 amide bonds. The smallest absolute Gasteiger partial charge is 0.412 e. The van der Waals surface area contributed by atoms with Crippen LogP contribution in [0, 0.1) is 5.92 Å². The zero-order valence-electron chi connectivity index (χ0n) is 21.4. The molecule has 2 unspecified atom stereocenters. The molecule has 1 saturated carbocycles. The van der Waals surface area contributed by atoms with Gasteiger partial charge >= 0.3 is 12.1 Å². The van der Waals surface area contributed by atoms with Crippen LogP contribution in [0.3, 0.4) is 0 Å². The maximum absolute atomic E-state index is 12.9. The molecule has 0 radical (unpaired) electrons. The molecule has 1 aromatic heterocycles. The number of carbonyl (C=O) groups excluding carboxylic acids is 1. The zero-order valence-corrected chi connectivity index (χ0v) is 21.4. The SMILES string of the molecule is CC(OC(=O)Nc1c(-c2ccc(CNC(CCC3CC3)C(=O)O)cc2)n(C)n(C)c1=O)c1ccccc1. The Bertz CT molecular complexity index is 1290. The summed E-state index contributed by atoms with van der Waals surface area (Å²) in [6, 6.07) is 16.3. The van der Waals surface area contributed by atoms with Gasteiger partial charge < -0.3 is 15.2 Å². The summed E-state index contributed by atoms with van der Waals surface area (Å²) in [6.07, 6.45) is 2.77. The van der Waals surface area contributed by atoms with E-state index in [1.165, 1.54) is 17.5 Å². The summed E-state index contributed by atoms with van der Waals surface area (Å²) in [5.41, 5.74) is 2.83. The molecule has 0 saturated heterocycles. The number of benzene rings is 2. The van der Waals surface area contributed by atoms with Gasteiger partial charge in [-0.2, -0.15) is 0 Å². The highest BCUT2D eigenvalue weighted by molar-refractivity contribution is 5.90. The monoisotopic (exact) mass is 506 g/mol. The van der Waals surface area contributed by atoms with E-state index in [0.717, 1.165) is 23.1 Å². The number of hydrogen-bond donors (Lipinski definition) is 3. The summed E-state index contributed by atoms with van der Waals surface area (Å²) in [6.45, 7) is 2.19. The largest absolute Gasteiger partial charge is 0.480 e. The minimum Gasteiger partial charge on any atom is -0.480 e. The van der Waals surface area contributed by atoms with Gasteiger partial charge in [0.15, 0.2) is 0 Å². The van der Waals surface area contributed by atoms with E-state index in [1.807, 2.05) is 54.6 Å². The molecule has 37 heavy (non-hydrogen) atoms. The summed E-state index contributed by atoms with van der Waals surface area (Å²) < 4.78 is 8.59. The lowest BCUT2D eigenvalue weighted by atomic mass is 10.1. The molecule has 4 rings (SSSR count). The van der Waals surface area contributed by atoms with Gasteiger partial charge in [-0.25, -0.2) is 4.79 Å². The Kier molecular flexibility index (Phi) is 8.13. The second kappa shape index (κ2) is 11.5. The van der Waals surface area contributed by atoms with Crippen LogP contribution in [0.25, 0.3) is 11.3 Å². The average molecular weight is 507 g/mol. The van der Waals surface area contributed by atoms with Crippen molar-refractivity contribution in [1.29, 1.82) is 0 Å². The average Bonchev–Trinajstić information content (AvgIpc) is 3.69. The normalized spacial score (nSPS) is 14.7. The lowest BCUT2D eigenvalue weighted by molar-refractivity contribution is -0.139. The molecule has 196 valence electrons. The Hall–Kier alpha value is -3.85. The zero-order chi connectivity index (χ0) is 26.5. The van der Waals surface area contributed by atoms with E-state index >= 15 is 0 Å². The maximum atomic E-state index is 12.9. The Morgan fingerprint density at radius 2 is 1.73 bits per heavy atom. The highest BCUT2D eigenvalue weighted by Crippen LogP contribution is 2.34. The van der Waals surface area contributed by atoms with Crippen LogP contribution in [0.15, 0.2) is 59.4 Å². The van der Waals surface area contributed by atoms with E-state index in [4.69, 9.17) is 4.74 Å². The number of amides is 1. The van der Waals surface area contributed by atoms with Crippen molar-refractivity contribution in [3.8, 4) is 11.3 Å². The minimum atomic E-state index is -0.833. The summed E-state index contributed by atoms with van der Waals surface area (Å²) in [5, 5.41) is 15.3. The molecule has 1 aliphatic carbocycles. The number of carbonyl (C=O) groups is 2. The summed E-state index contributed by atoms with van der Waals surface area (Å²) in [4.78, 5) is 37.2. The summed E-state index contributed by atoms with van der Waals surface area (Å²) in [5.74, 6) is -0.150. The molecule has 3 aromatic rings. The third-order valence-electron chi connectivity index (χ3n) is 6.94. The molecule has 1 aliphatic rings. The molecule has 0 aliphatic heterocycles. The first-order valence-corrected chi connectivity index (χ1v) is 12.6. The Labute approximate surface area is 216 Å². The van der Waals surface area contributed by atoms with E-state index < -0.39 is 24.2 Å². The number of carboxylic acids is 1. The van der Waals surface area contributed by atoms with Crippen molar-refractivity contribution in [2.24, 2.45) is 20.0 Å². The number of nitrogens with one attached hydrogen (secondary N) is 2. The van der Waals surface area contributed by atoms with E-state index in [1.54, 1.807) is 25.7 Å². The molecule has 2 aromatic carbocycles. The minimum absolute atomic E-state index is 0.132. The third kappa shape index (κ3) is 6.48. The van der Waals surface area contributed by atoms with Crippen LogP contribution in [0.2, 0.25) is 0 Å². The van der Waals surface area contributed by atoms with Crippen LogP contribution in [0.5, 0.6) is 0 Å². The first-order valence-electron chi connectivity index (χ1n) is 12.6. The van der Waals surface area contributed by atoms with E-state index in [2.05, 4.69) is 10.6 Å². The molecule has 0 spiro atoms. The lowest BCUT2D eigenvalue weighted by Crippen LogP contribution is -2.36. The second-order valence-corrected chi connectivity index (χ2v) is 9.65. The molecule has 1 heterocycles. The van der Waals surface area contributed by atoms with E-state index in [0.29, 0.717) is 24.6 Å². The number of nitrogens with zero attached hydrogens (tertiary/aromatic N) is 2. The molecule has 1 fully saturated rings. The van der Waals surface area contributed by atoms with Gasteiger partial charge in [0.1, 0.15) is 17.8 Å². The first kappa shape index (κ1) is 26.2. The quantitative estimate of drug-likeness (QED) is 0.354. The van der Waals surface area contributed by atoms with Gasteiger partial charge in [0, 0.05) is 26.2 Å². The van der Waals surface area contributed by atoms with Crippen LogP contribution in [-0.4, -0.2) is 32.6 Å². The fourth-order valence-electron chi connectivity index (χ4n) is 4.38. The number of aromatic nitrogens is 2. The second-order valence-electron chi connectivity index (χ2n) is 9.65. The molecular weight excluding hydrogens is 472 g/mol. The fourth-order valence-corrected chi connectivity index (χ4v) is 4.38. The molecule has 9 nitrogen and oxygen atoms in total. The number of aliphatic carboxylic acids is 1. The molecule has 3 N–H and O–H groups in total. The highest BCUT2D eigenvalue weighted by Gasteiger charge is 2.25. The molecule has 0 bridgehead atoms. The lowest BCUT2D eigenvalue weighted by Gasteiger charge is -2.15. The van der Waals surface area contributed by atoms with E-state index in [-0.39, 0.29) is 11.2 Å². The number of rotatable bonds is 11. The highest BCUT2D eigenvalue weighted by atomic mass is 16.6. The van der Waals surface area contributed by atoms with Gasteiger partial charge in [0.05, 0.1) is 5.69 Å². The van der Waals surface area contributed by atoms with Crippen molar-refractivity contribution >= 4 is 17.7 Å². The number of anilines is 1. The topological polar surface area (TPSA) is 115 Å². The number of hydrogen-bond acceptors (Lipinski definition) is 5. The predicted molar refractivity (Wildman–Crippen MR) is 141 cm³/mol. The van der Waals surface area contributed by atoms with Crippen LogP contribution < -0.4 is 16.2 Å². The van der Waals surface area contributed by atoms with Crippen molar-refractivity contribution in [3.63, 3.8) is 0 Å². The van der Waals surface area contributed by atoms with E-state index in [9.17, 15) is 19.5 Å². The van der Waals surface area contributed by atoms with Gasteiger partial charge in [-0.05, 0) is 36.8 Å². The Morgan fingerprint density at radius 1 is 1.05 bits per heavy atom.